The minimum Gasteiger partial charge on any atom is -0.422 e. The van der Waals surface area contributed by atoms with Crippen LogP contribution in [0.5, 0.6) is 0 Å². The predicted octanol–water partition coefficient (Wildman–Crippen LogP) is 1.85. The van der Waals surface area contributed by atoms with Crippen LogP contribution in [0.3, 0.4) is 0 Å². The predicted molar refractivity (Wildman–Crippen MR) is 97.4 cm³/mol. The number of amides is 1. The lowest BCUT2D eigenvalue weighted by molar-refractivity contribution is 0.0742. The van der Waals surface area contributed by atoms with Crippen LogP contribution in [0, 0.1) is 6.92 Å². The summed E-state index contributed by atoms with van der Waals surface area (Å²) >= 11 is 0. The molecule has 0 radical (unpaired) electrons. The molecule has 4 rings (SSSR count). The Morgan fingerprint density at radius 2 is 1.92 bits per heavy atom. The molecule has 0 aliphatic carbocycles. The van der Waals surface area contributed by atoms with Crippen molar-refractivity contribution in [1.82, 2.24) is 14.9 Å². The third-order valence-corrected chi connectivity index (χ3v) is 4.61. The number of piperazine rings is 1. The van der Waals surface area contributed by atoms with Gasteiger partial charge in [0.25, 0.3) is 5.91 Å². The first-order valence-electron chi connectivity index (χ1n) is 8.47. The van der Waals surface area contributed by atoms with Gasteiger partial charge in [-0.25, -0.2) is 14.8 Å². The van der Waals surface area contributed by atoms with Gasteiger partial charge in [-0.2, -0.15) is 0 Å². The van der Waals surface area contributed by atoms with Gasteiger partial charge in [0.1, 0.15) is 23.3 Å². The Hall–Kier alpha value is -3.22. The maximum atomic E-state index is 12.8. The molecule has 1 amide bonds. The highest BCUT2D eigenvalue weighted by Gasteiger charge is 2.26. The second-order valence-corrected chi connectivity index (χ2v) is 6.29. The first-order chi connectivity index (χ1) is 12.6. The smallest absolute Gasteiger partial charge is 0.349 e. The van der Waals surface area contributed by atoms with Crippen LogP contribution < -0.4 is 10.5 Å². The monoisotopic (exact) mass is 350 g/mol. The minimum absolute atomic E-state index is 0.0790. The van der Waals surface area contributed by atoms with Crippen molar-refractivity contribution < 1.29 is 9.21 Å². The van der Waals surface area contributed by atoms with E-state index in [2.05, 4.69) is 14.9 Å². The molecule has 0 unspecified atom stereocenters. The summed E-state index contributed by atoms with van der Waals surface area (Å²) in [5, 5.41) is 0.741. The zero-order valence-electron chi connectivity index (χ0n) is 14.4. The van der Waals surface area contributed by atoms with Gasteiger partial charge in [0.2, 0.25) is 0 Å². The van der Waals surface area contributed by atoms with Crippen LogP contribution >= 0.6 is 0 Å². The van der Waals surface area contributed by atoms with Crippen molar-refractivity contribution in [1.29, 1.82) is 0 Å². The van der Waals surface area contributed by atoms with Crippen LogP contribution in [0.1, 0.15) is 15.9 Å². The summed E-state index contributed by atoms with van der Waals surface area (Å²) in [4.78, 5) is 37.2. The van der Waals surface area contributed by atoms with Gasteiger partial charge in [-0.15, -0.1) is 0 Å². The number of nitrogens with zero attached hydrogens (tertiary/aromatic N) is 4. The molecule has 2 aromatic heterocycles. The van der Waals surface area contributed by atoms with Crippen LogP contribution in [0.4, 0.5) is 5.82 Å². The molecule has 3 heterocycles. The fourth-order valence-corrected chi connectivity index (χ4v) is 3.23. The Morgan fingerprint density at radius 3 is 2.69 bits per heavy atom. The Morgan fingerprint density at radius 1 is 1.15 bits per heavy atom. The molecular weight excluding hydrogens is 332 g/mol. The molecule has 0 atom stereocenters. The molecule has 1 aliphatic heterocycles. The van der Waals surface area contributed by atoms with Crippen molar-refractivity contribution in [2.45, 2.75) is 6.92 Å². The second-order valence-electron chi connectivity index (χ2n) is 6.29. The number of carbonyl (C=O) groups excluding carboxylic acids is 1. The highest BCUT2D eigenvalue weighted by Crippen LogP contribution is 2.18. The lowest BCUT2D eigenvalue weighted by Crippen LogP contribution is -2.49. The Balaban J connectivity index is 1.53. The van der Waals surface area contributed by atoms with E-state index in [1.165, 1.54) is 6.33 Å². The summed E-state index contributed by atoms with van der Waals surface area (Å²) in [6, 6.07) is 8.80. The van der Waals surface area contributed by atoms with Crippen molar-refractivity contribution in [3.05, 3.63) is 64.4 Å². The maximum absolute atomic E-state index is 12.8. The Bertz CT molecular complexity index is 1020. The number of hydrogen-bond donors (Lipinski definition) is 0. The van der Waals surface area contributed by atoms with Crippen molar-refractivity contribution in [2.24, 2.45) is 0 Å². The van der Waals surface area contributed by atoms with Gasteiger partial charge in [0, 0.05) is 43.3 Å². The average molecular weight is 350 g/mol. The van der Waals surface area contributed by atoms with Crippen LogP contribution in [0.15, 0.2) is 52.1 Å². The highest BCUT2D eigenvalue weighted by atomic mass is 16.4. The normalized spacial score (nSPS) is 14.7. The van der Waals surface area contributed by atoms with Gasteiger partial charge < -0.3 is 14.2 Å². The zero-order chi connectivity index (χ0) is 18.1. The zero-order valence-corrected chi connectivity index (χ0v) is 14.4. The molecule has 0 spiro atoms. The molecule has 1 aromatic carbocycles. The third-order valence-electron chi connectivity index (χ3n) is 4.61. The van der Waals surface area contributed by atoms with Crippen molar-refractivity contribution in [3.8, 4) is 0 Å². The summed E-state index contributed by atoms with van der Waals surface area (Å²) in [5.74, 6) is 0.598. The van der Waals surface area contributed by atoms with Gasteiger partial charge in [-0.1, -0.05) is 18.2 Å². The molecule has 0 N–H and O–H groups in total. The summed E-state index contributed by atoms with van der Waals surface area (Å²) in [5.41, 5.74) is 0.971. The molecule has 1 saturated heterocycles. The van der Waals surface area contributed by atoms with Crippen LogP contribution in [0.2, 0.25) is 0 Å². The highest BCUT2D eigenvalue weighted by molar-refractivity contribution is 5.96. The van der Waals surface area contributed by atoms with Gasteiger partial charge in [-0.3, -0.25) is 4.79 Å². The topological polar surface area (TPSA) is 79.5 Å². The van der Waals surface area contributed by atoms with Crippen LogP contribution in [0.25, 0.3) is 11.0 Å². The van der Waals surface area contributed by atoms with Crippen LogP contribution in [-0.2, 0) is 0 Å². The molecular formula is C19H18N4O3. The van der Waals surface area contributed by atoms with Crippen molar-refractivity contribution in [2.75, 3.05) is 31.1 Å². The molecule has 132 valence electrons. The van der Waals surface area contributed by atoms with Gasteiger partial charge in [0.15, 0.2) is 0 Å². The van der Waals surface area contributed by atoms with E-state index in [1.807, 2.05) is 19.1 Å². The van der Waals surface area contributed by atoms with E-state index in [0.717, 1.165) is 16.8 Å². The summed E-state index contributed by atoms with van der Waals surface area (Å²) < 4.78 is 5.28. The number of aryl methyl sites for hydroxylation is 1. The number of para-hydroxylation sites is 1. The molecule has 1 aliphatic rings. The van der Waals surface area contributed by atoms with E-state index in [-0.39, 0.29) is 11.5 Å². The molecule has 0 saturated carbocycles. The molecule has 3 aromatic rings. The standard InChI is InChI=1S/C19H18N4O3/c1-13-11-20-12-21-17(13)22-6-8-23(9-7-22)18(24)15-10-14-4-2-3-5-16(14)26-19(15)25/h2-5,10-12H,6-9H2,1H3. The van der Waals surface area contributed by atoms with Gasteiger partial charge >= 0.3 is 5.63 Å². The maximum Gasteiger partial charge on any atom is 0.349 e. The average Bonchev–Trinajstić information content (AvgIpc) is 2.67. The van der Waals surface area contributed by atoms with Gasteiger partial charge in [0.05, 0.1) is 0 Å². The number of hydrogen-bond acceptors (Lipinski definition) is 6. The van der Waals surface area contributed by atoms with E-state index in [4.69, 9.17) is 4.42 Å². The second kappa shape index (κ2) is 6.59. The number of anilines is 1. The first-order valence-corrected chi connectivity index (χ1v) is 8.47. The fraction of sp³-hybridized carbons (Fsp3) is 0.263. The van der Waals surface area contributed by atoms with Crippen molar-refractivity contribution in [3.63, 3.8) is 0 Å². The number of carbonyl (C=O) groups is 1. The lowest BCUT2D eigenvalue weighted by Gasteiger charge is -2.35. The number of fused-ring (bicyclic) bond motifs is 1. The SMILES string of the molecule is Cc1cncnc1N1CCN(C(=O)c2cc3ccccc3oc2=O)CC1. The number of rotatable bonds is 2. The van der Waals surface area contributed by atoms with Crippen LogP contribution in [-0.4, -0.2) is 47.0 Å². The van der Waals surface area contributed by atoms with E-state index in [0.29, 0.717) is 31.8 Å². The van der Waals surface area contributed by atoms with Crippen molar-refractivity contribution >= 4 is 22.7 Å². The molecule has 7 nitrogen and oxygen atoms in total. The lowest BCUT2D eigenvalue weighted by atomic mass is 10.1. The van der Waals surface area contributed by atoms with E-state index < -0.39 is 5.63 Å². The molecule has 0 bridgehead atoms. The first kappa shape index (κ1) is 16.3. The summed E-state index contributed by atoms with van der Waals surface area (Å²) in [6.07, 6.45) is 3.31. The molecule has 1 fully saturated rings. The third kappa shape index (κ3) is 2.92. The number of benzene rings is 1. The Labute approximate surface area is 149 Å². The van der Waals surface area contributed by atoms with E-state index in [1.54, 1.807) is 29.3 Å². The van der Waals surface area contributed by atoms with Gasteiger partial charge in [-0.05, 0) is 19.1 Å². The quantitative estimate of drug-likeness (QED) is 0.656. The summed E-state index contributed by atoms with van der Waals surface area (Å²) in [6.45, 7) is 4.32. The minimum atomic E-state index is -0.595. The fourth-order valence-electron chi connectivity index (χ4n) is 3.23. The number of aromatic nitrogens is 2. The molecule has 7 heteroatoms. The van der Waals surface area contributed by atoms with E-state index in [9.17, 15) is 9.59 Å². The summed E-state index contributed by atoms with van der Waals surface area (Å²) in [7, 11) is 0. The largest absolute Gasteiger partial charge is 0.422 e. The van der Waals surface area contributed by atoms with E-state index >= 15 is 0 Å². The Kier molecular flexibility index (Phi) is 4.12. The molecule has 26 heavy (non-hydrogen) atoms.